The standard InChI is InChI=1S/C29H28ClN3O5S2/c1-20-12-13-21(2)28(18-20)33(40(37,38)25-8-5-4-6-9-25)19-29(34)31-23-14-16-24(17-15-23)39(35,36)32-27-11-7-10-26(30)22(27)3/h4-18,32H,19H2,1-3H3,(H,31,34). The normalized spacial score (nSPS) is 11.6. The van der Waals surface area contributed by atoms with Crippen LogP contribution in [0.25, 0.3) is 0 Å². The summed E-state index contributed by atoms with van der Waals surface area (Å²) in [5, 5.41) is 3.10. The molecule has 0 fully saturated rings. The van der Waals surface area contributed by atoms with Crippen LogP contribution in [-0.2, 0) is 24.8 Å². The van der Waals surface area contributed by atoms with Gasteiger partial charge in [0.05, 0.1) is 21.2 Å². The number of hydrogen-bond donors (Lipinski definition) is 2. The Bertz CT molecular complexity index is 1760. The molecule has 0 aromatic heterocycles. The summed E-state index contributed by atoms with van der Waals surface area (Å²) in [7, 11) is -7.99. The molecule has 0 radical (unpaired) electrons. The number of carbonyl (C=O) groups excluding carboxylic acids is 1. The Balaban J connectivity index is 1.56. The maximum Gasteiger partial charge on any atom is 0.264 e. The topological polar surface area (TPSA) is 113 Å². The number of nitrogens with zero attached hydrogens (tertiary/aromatic N) is 1. The van der Waals surface area contributed by atoms with E-state index in [-0.39, 0.29) is 9.79 Å². The zero-order valence-electron chi connectivity index (χ0n) is 22.1. The molecule has 0 saturated heterocycles. The highest BCUT2D eigenvalue weighted by Crippen LogP contribution is 2.29. The molecule has 4 aromatic carbocycles. The van der Waals surface area contributed by atoms with Gasteiger partial charge in [-0.3, -0.25) is 13.8 Å². The Labute approximate surface area is 239 Å². The van der Waals surface area contributed by atoms with Gasteiger partial charge in [-0.05, 0) is 92.1 Å². The number of anilines is 3. The molecule has 8 nitrogen and oxygen atoms in total. The molecule has 0 aliphatic heterocycles. The monoisotopic (exact) mass is 597 g/mol. The quantitative estimate of drug-likeness (QED) is 0.249. The fraction of sp³-hybridized carbons (Fsp3) is 0.138. The lowest BCUT2D eigenvalue weighted by molar-refractivity contribution is -0.114. The zero-order valence-corrected chi connectivity index (χ0v) is 24.4. The first kappa shape index (κ1) is 29.1. The van der Waals surface area contributed by atoms with Crippen molar-refractivity contribution < 1.29 is 21.6 Å². The van der Waals surface area contributed by atoms with Crippen LogP contribution in [0.1, 0.15) is 16.7 Å². The van der Waals surface area contributed by atoms with E-state index in [1.807, 2.05) is 13.0 Å². The second-order valence-electron chi connectivity index (χ2n) is 9.21. The number of sulfonamides is 2. The van der Waals surface area contributed by atoms with E-state index in [0.29, 0.717) is 33.2 Å². The van der Waals surface area contributed by atoms with Crippen LogP contribution >= 0.6 is 11.6 Å². The average Bonchev–Trinajstić information content (AvgIpc) is 2.92. The number of nitrogens with one attached hydrogen (secondary N) is 2. The Morgan fingerprint density at radius 2 is 1.48 bits per heavy atom. The Morgan fingerprint density at radius 3 is 2.15 bits per heavy atom. The van der Waals surface area contributed by atoms with Crippen LogP contribution in [0, 0.1) is 20.8 Å². The first-order valence-corrected chi connectivity index (χ1v) is 15.5. The fourth-order valence-corrected chi connectivity index (χ4v) is 6.77. The highest BCUT2D eigenvalue weighted by molar-refractivity contribution is 7.93. The minimum atomic E-state index is -4.07. The summed E-state index contributed by atoms with van der Waals surface area (Å²) in [5.74, 6) is -0.594. The Hall–Kier alpha value is -3.86. The second-order valence-corrected chi connectivity index (χ2v) is 13.2. The largest absolute Gasteiger partial charge is 0.325 e. The number of carbonyl (C=O) groups is 1. The predicted molar refractivity (Wildman–Crippen MR) is 159 cm³/mol. The SMILES string of the molecule is Cc1ccc(C)c(N(CC(=O)Nc2ccc(S(=O)(=O)Nc3cccc(Cl)c3C)cc2)S(=O)(=O)c2ccccc2)c1. The van der Waals surface area contributed by atoms with Gasteiger partial charge in [0.15, 0.2) is 0 Å². The predicted octanol–water partition coefficient (Wildman–Crippen LogP) is 5.90. The zero-order chi connectivity index (χ0) is 29.1. The summed E-state index contributed by atoms with van der Waals surface area (Å²) in [5.41, 5.74) is 3.18. The number of halogens is 1. The van der Waals surface area contributed by atoms with E-state index in [4.69, 9.17) is 11.6 Å². The highest BCUT2D eigenvalue weighted by atomic mass is 35.5. The molecule has 11 heteroatoms. The van der Waals surface area contributed by atoms with Crippen molar-refractivity contribution in [1.29, 1.82) is 0 Å². The van der Waals surface area contributed by atoms with E-state index in [0.717, 1.165) is 9.87 Å². The fourth-order valence-electron chi connectivity index (χ4n) is 3.98. The number of benzene rings is 4. The molecule has 0 spiro atoms. The van der Waals surface area contributed by atoms with Crippen LogP contribution < -0.4 is 14.3 Å². The lowest BCUT2D eigenvalue weighted by Crippen LogP contribution is -2.38. The van der Waals surface area contributed by atoms with E-state index in [9.17, 15) is 21.6 Å². The molecule has 4 aromatic rings. The molecule has 0 atom stereocenters. The minimum Gasteiger partial charge on any atom is -0.325 e. The summed E-state index contributed by atoms with van der Waals surface area (Å²) in [6.07, 6.45) is 0. The van der Waals surface area contributed by atoms with Crippen molar-refractivity contribution in [2.24, 2.45) is 0 Å². The van der Waals surface area contributed by atoms with E-state index >= 15 is 0 Å². The van der Waals surface area contributed by atoms with Gasteiger partial charge in [0, 0.05) is 10.7 Å². The molecule has 0 aliphatic rings. The molecule has 1 amide bonds. The third-order valence-electron chi connectivity index (χ3n) is 6.21. The molecular formula is C29H28ClN3O5S2. The number of aryl methyl sites for hydroxylation is 2. The first-order valence-electron chi connectivity index (χ1n) is 12.2. The Morgan fingerprint density at radius 1 is 0.800 bits per heavy atom. The van der Waals surface area contributed by atoms with Crippen LogP contribution in [0.4, 0.5) is 17.1 Å². The van der Waals surface area contributed by atoms with Crippen LogP contribution in [0.2, 0.25) is 5.02 Å². The van der Waals surface area contributed by atoms with E-state index < -0.39 is 32.5 Å². The second kappa shape index (κ2) is 11.7. The molecule has 0 heterocycles. The van der Waals surface area contributed by atoms with Gasteiger partial charge in [-0.2, -0.15) is 0 Å². The summed E-state index contributed by atoms with van der Waals surface area (Å²) < 4.78 is 56.6. The average molecular weight is 598 g/mol. The van der Waals surface area contributed by atoms with Gasteiger partial charge < -0.3 is 5.32 Å². The van der Waals surface area contributed by atoms with E-state index in [1.165, 1.54) is 36.4 Å². The molecule has 208 valence electrons. The van der Waals surface area contributed by atoms with Crippen LogP contribution in [0.5, 0.6) is 0 Å². The van der Waals surface area contributed by atoms with Gasteiger partial charge in [0.25, 0.3) is 20.0 Å². The van der Waals surface area contributed by atoms with Crippen LogP contribution in [-0.4, -0.2) is 29.3 Å². The maximum absolute atomic E-state index is 13.6. The summed E-state index contributed by atoms with van der Waals surface area (Å²) in [4.78, 5) is 13.1. The number of rotatable bonds is 9. The van der Waals surface area contributed by atoms with Crippen molar-refractivity contribution in [2.75, 3.05) is 20.9 Å². The van der Waals surface area contributed by atoms with E-state index in [2.05, 4.69) is 10.0 Å². The van der Waals surface area contributed by atoms with Gasteiger partial charge in [-0.25, -0.2) is 16.8 Å². The Kier molecular flexibility index (Phi) is 8.53. The van der Waals surface area contributed by atoms with Crippen molar-refractivity contribution in [3.63, 3.8) is 0 Å². The van der Waals surface area contributed by atoms with Gasteiger partial charge in [0.1, 0.15) is 6.54 Å². The van der Waals surface area contributed by atoms with Gasteiger partial charge >= 0.3 is 0 Å². The molecule has 0 aliphatic carbocycles. The number of amides is 1. The van der Waals surface area contributed by atoms with Crippen molar-refractivity contribution in [2.45, 2.75) is 30.6 Å². The summed E-state index contributed by atoms with van der Waals surface area (Å²) >= 11 is 6.10. The smallest absolute Gasteiger partial charge is 0.264 e. The lowest BCUT2D eigenvalue weighted by atomic mass is 10.1. The summed E-state index contributed by atoms with van der Waals surface area (Å²) in [6.45, 7) is 4.84. The maximum atomic E-state index is 13.6. The third-order valence-corrected chi connectivity index (χ3v) is 9.78. The highest BCUT2D eigenvalue weighted by Gasteiger charge is 2.28. The first-order chi connectivity index (χ1) is 18.9. The summed E-state index contributed by atoms with van der Waals surface area (Å²) in [6, 6.07) is 23.8. The van der Waals surface area contributed by atoms with E-state index in [1.54, 1.807) is 62.4 Å². The third kappa shape index (κ3) is 6.47. The van der Waals surface area contributed by atoms with Crippen molar-refractivity contribution in [1.82, 2.24) is 0 Å². The van der Waals surface area contributed by atoms with Gasteiger partial charge in [-0.1, -0.05) is 48.0 Å². The van der Waals surface area contributed by atoms with Crippen molar-refractivity contribution >= 4 is 54.6 Å². The molecule has 2 N–H and O–H groups in total. The van der Waals surface area contributed by atoms with Gasteiger partial charge in [-0.15, -0.1) is 0 Å². The molecule has 0 unspecified atom stereocenters. The van der Waals surface area contributed by atoms with Crippen molar-refractivity contribution in [3.8, 4) is 0 Å². The number of hydrogen-bond acceptors (Lipinski definition) is 5. The van der Waals surface area contributed by atoms with Crippen LogP contribution in [0.15, 0.2) is 101 Å². The molecule has 4 rings (SSSR count). The molecule has 40 heavy (non-hydrogen) atoms. The van der Waals surface area contributed by atoms with Gasteiger partial charge in [0.2, 0.25) is 5.91 Å². The molecule has 0 bridgehead atoms. The van der Waals surface area contributed by atoms with Crippen LogP contribution in [0.3, 0.4) is 0 Å². The molecular weight excluding hydrogens is 570 g/mol. The minimum absolute atomic E-state index is 0.0199. The van der Waals surface area contributed by atoms with Crippen molar-refractivity contribution in [3.05, 3.63) is 113 Å². The lowest BCUT2D eigenvalue weighted by Gasteiger charge is -2.26. The molecule has 0 saturated carbocycles.